The summed E-state index contributed by atoms with van der Waals surface area (Å²) in [6, 6.07) is 0. The first-order chi connectivity index (χ1) is 8.51. The fraction of sp³-hybridized carbons (Fsp3) is 0.455. The van der Waals surface area contributed by atoms with Crippen LogP contribution >= 0.6 is 11.6 Å². The van der Waals surface area contributed by atoms with E-state index >= 15 is 0 Å². The summed E-state index contributed by atoms with van der Waals surface area (Å²) in [4.78, 5) is 14.9. The minimum absolute atomic E-state index is 0.0232. The van der Waals surface area contributed by atoms with Crippen LogP contribution in [0.25, 0.3) is 0 Å². The smallest absolute Gasteiger partial charge is 0.310 e. The van der Waals surface area contributed by atoms with Gasteiger partial charge in [0.25, 0.3) is 6.43 Å². The maximum Gasteiger partial charge on any atom is 0.310 e. The number of pyridine rings is 1. The number of rotatable bonds is 5. The van der Waals surface area contributed by atoms with Gasteiger partial charge in [-0.2, -0.15) is 0 Å². The van der Waals surface area contributed by atoms with E-state index in [4.69, 9.17) is 21.1 Å². The largest absolute Gasteiger partial charge is 0.495 e. The van der Waals surface area contributed by atoms with Crippen molar-refractivity contribution in [2.75, 3.05) is 13.7 Å². The van der Waals surface area contributed by atoms with Gasteiger partial charge in [0.05, 0.1) is 20.1 Å². The molecule has 0 unspecified atom stereocenters. The second kappa shape index (κ2) is 6.49. The third-order valence-corrected chi connectivity index (χ3v) is 2.42. The summed E-state index contributed by atoms with van der Waals surface area (Å²) in [5.41, 5.74) is -0.567. The van der Waals surface area contributed by atoms with Gasteiger partial charge in [0, 0.05) is 11.8 Å². The van der Waals surface area contributed by atoms with Crippen LogP contribution in [-0.2, 0) is 16.0 Å². The van der Waals surface area contributed by atoms with E-state index in [0.717, 1.165) is 6.20 Å². The number of ether oxygens (including phenoxy) is 2. The number of hydrogen-bond acceptors (Lipinski definition) is 4. The molecule has 18 heavy (non-hydrogen) atoms. The molecule has 0 spiro atoms. The van der Waals surface area contributed by atoms with Gasteiger partial charge in [-0.05, 0) is 6.92 Å². The van der Waals surface area contributed by atoms with Gasteiger partial charge in [-0.3, -0.25) is 9.78 Å². The molecule has 0 bridgehead atoms. The summed E-state index contributed by atoms with van der Waals surface area (Å²) >= 11 is 5.78. The molecule has 0 aliphatic rings. The molecule has 0 saturated carbocycles. The van der Waals surface area contributed by atoms with Gasteiger partial charge >= 0.3 is 5.97 Å². The van der Waals surface area contributed by atoms with E-state index in [2.05, 4.69) is 4.98 Å². The molecule has 0 saturated heterocycles. The molecule has 0 aromatic carbocycles. The summed E-state index contributed by atoms with van der Waals surface area (Å²) in [7, 11) is 1.28. The zero-order valence-corrected chi connectivity index (χ0v) is 10.6. The Bertz CT molecular complexity index is 441. The van der Waals surface area contributed by atoms with Crippen molar-refractivity contribution < 1.29 is 23.0 Å². The van der Waals surface area contributed by atoms with E-state index in [9.17, 15) is 13.6 Å². The molecule has 0 aliphatic heterocycles. The van der Waals surface area contributed by atoms with Crippen molar-refractivity contribution in [1.29, 1.82) is 0 Å². The lowest BCUT2D eigenvalue weighted by Crippen LogP contribution is -2.12. The van der Waals surface area contributed by atoms with Gasteiger partial charge in [0.2, 0.25) is 0 Å². The average molecular weight is 280 g/mol. The highest BCUT2D eigenvalue weighted by Gasteiger charge is 2.23. The predicted molar refractivity (Wildman–Crippen MR) is 61.1 cm³/mol. The Morgan fingerprint density at radius 3 is 2.72 bits per heavy atom. The normalized spacial score (nSPS) is 10.6. The molecule has 0 radical (unpaired) electrons. The van der Waals surface area contributed by atoms with Crippen molar-refractivity contribution in [1.82, 2.24) is 4.98 Å². The van der Waals surface area contributed by atoms with Crippen molar-refractivity contribution in [2.24, 2.45) is 0 Å². The summed E-state index contributed by atoms with van der Waals surface area (Å²) in [5.74, 6) is -0.614. The fourth-order valence-corrected chi connectivity index (χ4v) is 1.70. The zero-order chi connectivity index (χ0) is 13.7. The van der Waals surface area contributed by atoms with E-state index in [1.54, 1.807) is 6.92 Å². The number of esters is 1. The third-order valence-electron chi connectivity index (χ3n) is 2.15. The number of methoxy groups -OCH3 is 1. The minimum atomic E-state index is -2.82. The van der Waals surface area contributed by atoms with Crippen LogP contribution in [0.3, 0.4) is 0 Å². The lowest BCUT2D eigenvalue weighted by atomic mass is 10.1. The van der Waals surface area contributed by atoms with Crippen LogP contribution in [0.4, 0.5) is 8.78 Å². The zero-order valence-electron chi connectivity index (χ0n) is 9.87. The Kier molecular flexibility index (Phi) is 5.27. The number of halogens is 3. The molecule has 1 aromatic heterocycles. The molecule has 0 amide bonds. The second-order valence-corrected chi connectivity index (χ2v) is 3.69. The Morgan fingerprint density at radius 2 is 2.22 bits per heavy atom. The lowest BCUT2D eigenvalue weighted by molar-refractivity contribution is -0.142. The van der Waals surface area contributed by atoms with E-state index in [1.165, 1.54) is 7.11 Å². The van der Waals surface area contributed by atoms with Crippen LogP contribution in [0.15, 0.2) is 6.20 Å². The number of aromatic nitrogens is 1. The van der Waals surface area contributed by atoms with Gasteiger partial charge in [-0.1, -0.05) is 11.6 Å². The molecule has 4 nitrogen and oxygen atoms in total. The highest BCUT2D eigenvalue weighted by molar-refractivity contribution is 6.32. The predicted octanol–water partition coefficient (Wildman–Crippen LogP) is 2.79. The first kappa shape index (κ1) is 14.6. The van der Waals surface area contributed by atoms with Gasteiger partial charge in [0.1, 0.15) is 16.5 Å². The molecule has 0 atom stereocenters. The molecule has 0 aliphatic carbocycles. The third kappa shape index (κ3) is 3.29. The van der Waals surface area contributed by atoms with Crippen molar-refractivity contribution in [3.8, 4) is 5.75 Å². The van der Waals surface area contributed by atoms with Crippen LogP contribution in [0.5, 0.6) is 5.75 Å². The monoisotopic (exact) mass is 279 g/mol. The van der Waals surface area contributed by atoms with Crippen LogP contribution in [0.1, 0.15) is 24.6 Å². The van der Waals surface area contributed by atoms with Crippen molar-refractivity contribution in [3.05, 3.63) is 22.5 Å². The van der Waals surface area contributed by atoms with Gasteiger partial charge in [-0.25, -0.2) is 8.78 Å². The van der Waals surface area contributed by atoms with Crippen LogP contribution in [0, 0.1) is 0 Å². The molecular formula is C11H12ClF2NO3. The Morgan fingerprint density at radius 1 is 1.56 bits per heavy atom. The Hall–Kier alpha value is -1.43. The van der Waals surface area contributed by atoms with E-state index in [-0.39, 0.29) is 29.4 Å². The van der Waals surface area contributed by atoms with Gasteiger partial charge in [0.15, 0.2) is 0 Å². The van der Waals surface area contributed by atoms with Crippen LogP contribution in [-0.4, -0.2) is 24.7 Å². The van der Waals surface area contributed by atoms with Crippen molar-refractivity contribution in [2.45, 2.75) is 19.8 Å². The van der Waals surface area contributed by atoms with Gasteiger partial charge < -0.3 is 9.47 Å². The number of nitrogens with zero attached hydrogens (tertiary/aromatic N) is 1. The van der Waals surface area contributed by atoms with Crippen LogP contribution in [0.2, 0.25) is 5.02 Å². The average Bonchev–Trinajstić information content (AvgIpc) is 2.29. The molecular weight excluding hydrogens is 268 g/mol. The molecule has 0 N–H and O–H groups in total. The van der Waals surface area contributed by atoms with Crippen molar-refractivity contribution >= 4 is 17.6 Å². The SMILES string of the molecule is CCOC(=O)Cc1c(C(F)F)ncc(Cl)c1OC. The van der Waals surface area contributed by atoms with E-state index < -0.39 is 18.1 Å². The van der Waals surface area contributed by atoms with E-state index in [1.807, 2.05) is 0 Å². The maximum atomic E-state index is 12.8. The molecule has 1 aromatic rings. The second-order valence-electron chi connectivity index (χ2n) is 3.29. The molecule has 100 valence electrons. The fourth-order valence-electron chi connectivity index (χ4n) is 1.46. The Labute approximate surface area is 108 Å². The summed E-state index contributed by atoms with van der Waals surface area (Å²) in [6.45, 7) is 1.79. The number of carbonyl (C=O) groups excluding carboxylic acids is 1. The van der Waals surface area contributed by atoms with Crippen molar-refractivity contribution in [3.63, 3.8) is 0 Å². The highest BCUT2D eigenvalue weighted by atomic mass is 35.5. The number of alkyl halides is 2. The van der Waals surface area contributed by atoms with E-state index in [0.29, 0.717) is 0 Å². The van der Waals surface area contributed by atoms with Gasteiger partial charge in [-0.15, -0.1) is 0 Å². The molecule has 1 rings (SSSR count). The summed E-state index contributed by atoms with van der Waals surface area (Å²) < 4.78 is 35.2. The molecule has 1 heterocycles. The number of carbonyl (C=O) groups is 1. The maximum absolute atomic E-state index is 12.8. The first-order valence-electron chi connectivity index (χ1n) is 5.16. The summed E-state index contributed by atoms with van der Waals surface area (Å²) in [6.07, 6.45) is -2.11. The summed E-state index contributed by atoms with van der Waals surface area (Å²) in [5, 5.41) is 0.0706. The standard InChI is InChI=1S/C11H12ClF2NO3/c1-3-18-8(16)4-6-9(11(13)14)15-5-7(12)10(6)17-2/h5,11H,3-4H2,1-2H3. The first-order valence-corrected chi connectivity index (χ1v) is 5.54. The quantitative estimate of drug-likeness (QED) is 0.778. The molecule has 7 heteroatoms. The number of hydrogen-bond donors (Lipinski definition) is 0. The minimum Gasteiger partial charge on any atom is -0.495 e. The highest BCUT2D eigenvalue weighted by Crippen LogP contribution is 2.34. The molecule has 0 fully saturated rings. The van der Waals surface area contributed by atoms with Crippen LogP contribution < -0.4 is 4.74 Å². The topological polar surface area (TPSA) is 48.4 Å². The lowest BCUT2D eigenvalue weighted by Gasteiger charge is -2.13. The Balaban J connectivity index is 3.19.